The van der Waals surface area contributed by atoms with Crippen molar-refractivity contribution in [3.8, 4) is 11.5 Å². The van der Waals surface area contributed by atoms with Crippen LogP contribution in [0.15, 0.2) is 48.5 Å². The third-order valence-electron chi connectivity index (χ3n) is 4.00. The first-order chi connectivity index (χ1) is 13.2. The first-order valence-electron chi connectivity index (χ1n) is 8.55. The predicted octanol–water partition coefficient (Wildman–Crippen LogP) is 3.72. The number of methoxy groups -OCH3 is 2. The molecule has 140 valence electrons. The van der Waals surface area contributed by atoms with Crippen molar-refractivity contribution in [1.82, 2.24) is 10.2 Å². The van der Waals surface area contributed by atoms with Crippen LogP contribution in [-0.4, -0.2) is 30.3 Å². The molecule has 0 atom stereocenters. The van der Waals surface area contributed by atoms with E-state index in [1.165, 1.54) is 16.9 Å². The summed E-state index contributed by atoms with van der Waals surface area (Å²) in [5, 5.41) is 12.4. The van der Waals surface area contributed by atoms with Crippen LogP contribution in [0.3, 0.4) is 0 Å². The van der Waals surface area contributed by atoms with Gasteiger partial charge in [-0.15, -0.1) is 10.2 Å². The topological polar surface area (TPSA) is 73.3 Å². The lowest BCUT2D eigenvalue weighted by atomic mass is 10.1. The summed E-state index contributed by atoms with van der Waals surface area (Å²) in [5.74, 6) is 1.24. The van der Waals surface area contributed by atoms with E-state index in [1.54, 1.807) is 14.2 Å². The molecular weight excluding hydrogens is 362 g/mol. The summed E-state index contributed by atoms with van der Waals surface area (Å²) >= 11 is 1.40. The van der Waals surface area contributed by atoms with E-state index in [2.05, 4.69) is 15.5 Å². The molecule has 6 nitrogen and oxygen atoms in total. The molecule has 3 rings (SSSR count). The number of hydrogen-bond acceptors (Lipinski definition) is 6. The summed E-state index contributed by atoms with van der Waals surface area (Å²) in [6.45, 7) is 0. The fourth-order valence-corrected chi connectivity index (χ4v) is 3.41. The number of rotatable bonds is 8. The first kappa shape index (κ1) is 18.8. The molecule has 2 aromatic carbocycles. The third-order valence-corrected chi connectivity index (χ3v) is 4.84. The molecule has 3 aromatic rings. The average Bonchev–Trinajstić information content (AvgIpc) is 3.13. The van der Waals surface area contributed by atoms with Crippen molar-refractivity contribution in [2.75, 3.05) is 19.5 Å². The Bertz CT molecular complexity index is 896. The quantitative estimate of drug-likeness (QED) is 0.642. The van der Waals surface area contributed by atoms with E-state index in [0.717, 1.165) is 10.6 Å². The van der Waals surface area contributed by atoms with Gasteiger partial charge in [-0.2, -0.15) is 0 Å². The molecule has 1 aromatic heterocycles. The molecular formula is C20H21N3O3S. The molecule has 1 amide bonds. The molecule has 0 spiro atoms. The van der Waals surface area contributed by atoms with Crippen LogP contribution in [0.2, 0.25) is 0 Å². The minimum atomic E-state index is -0.0906. The van der Waals surface area contributed by atoms with Gasteiger partial charge in [0, 0.05) is 12.8 Å². The van der Waals surface area contributed by atoms with Crippen molar-refractivity contribution in [3.05, 3.63) is 64.7 Å². The maximum absolute atomic E-state index is 12.2. The maximum atomic E-state index is 12.2. The summed E-state index contributed by atoms with van der Waals surface area (Å²) in [7, 11) is 3.19. The van der Waals surface area contributed by atoms with Gasteiger partial charge in [-0.25, -0.2) is 0 Å². The van der Waals surface area contributed by atoms with Gasteiger partial charge in [-0.3, -0.25) is 4.79 Å². The zero-order valence-corrected chi connectivity index (χ0v) is 16.1. The SMILES string of the molecule is COc1ccc(CCC(=O)Nc2nnc(Cc3ccccc3)s2)cc1OC. The average molecular weight is 383 g/mol. The van der Waals surface area contributed by atoms with E-state index in [0.29, 0.717) is 35.9 Å². The number of hydrogen-bond donors (Lipinski definition) is 1. The molecule has 0 aliphatic rings. The van der Waals surface area contributed by atoms with Crippen LogP contribution in [0.5, 0.6) is 11.5 Å². The first-order valence-corrected chi connectivity index (χ1v) is 9.36. The summed E-state index contributed by atoms with van der Waals surface area (Å²) in [4.78, 5) is 12.2. The Hall–Kier alpha value is -2.93. The van der Waals surface area contributed by atoms with E-state index < -0.39 is 0 Å². The molecule has 0 aliphatic heterocycles. The predicted molar refractivity (Wildman–Crippen MR) is 106 cm³/mol. The number of carbonyl (C=O) groups excluding carboxylic acids is 1. The van der Waals surface area contributed by atoms with E-state index in [9.17, 15) is 4.79 Å². The highest BCUT2D eigenvalue weighted by atomic mass is 32.1. The van der Waals surface area contributed by atoms with Crippen LogP contribution < -0.4 is 14.8 Å². The highest BCUT2D eigenvalue weighted by Gasteiger charge is 2.10. The fraction of sp³-hybridized carbons (Fsp3) is 0.250. The summed E-state index contributed by atoms with van der Waals surface area (Å²) in [5.41, 5.74) is 2.17. The van der Waals surface area contributed by atoms with Gasteiger partial charge in [0.05, 0.1) is 14.2 Å². The number of benzene rings is 2. The molecule has 1 N–H and O–H groups in total. The molecule has 1 heterocycles. The highest BCUT2D eigenvalue weighted by Crippen LogP contribution is 2.28. The van der Waals surface area contributed by atoms with Crippen LogP contribution in [0.1, 0.15) is 22.6 Å². The van der Waals surface area contributed by atoms with Crippen molar-refractivity contribution >= 4 is 22.4 Å². The second-order valence-corrected chi connectivity index (χ2v) is 6.96. The van der Waals surface area contributed by atoms with E-state index in [4.69, 9.17) is 9.47 Å². The summed E-state index contributed by atoms with van der Waals surface area (Å²) in [6, 6.07) is 15.7. The smallest absolute Gasteiger partial charge is 0.226 e. The number of anilines is 1. The number of nitrogens with zero attached hydrogens (tertiary/aromatic N) is 2. The van der Waals surface area contributed by atoms with Crippen molar-refractivity contribution < 1.29 is 14.3 Å². The van der Waals surface area contributed by atoms with Gasteiger partial charge in [-0.05, 0) is 29.7 Å². The van der Waals surface area contributed by atoms with Crippen LogP contribution in [-0.2, 0) is 17.6 Å². The zero-order valence-electron chi connectivity index (χ0n) is 15.3. The van der Waals surface area contributed by atoms with Crippen LogP contribution in [0.25, 0.3) is 0 Å². The largest absolute Gasteiger partial charge is 0.493 e. The monoisotopic (exact) mass is 383 g/mol. The van der Waals surface area contributed by atoms with Crippen LogP contribution >= 0.6 is 11.3 Å². The second-order valence-electron chi connectivity index (χ2n) is 5.90. The second kappa shape index (κ2) is 9.14. The van der Waals surface area contributed by atoms with E-state index in [1.807, 2.05) is 48.5 Å². The Balaban J connectivity index is 1.52. The number of nitrogens with one attached hydrogen (secondary N) is 1. The number of carbonyl (C=O) groups is 1. The van der Waals surface area contributed by atoms with Gasteiger partial charge in [0.25, 0.3) is 0 Å². The Morgan fingerprint density at radius 3 is 2.52 bits per heavy atom. The third kappa shape index (κ3) is 5.27. The molecule has 0 saturated carbocycles. The van der Waals surface area contributed by atoms with Crippen molar-refractivity contribution in [2.24, 2.45) is 0 Å². The molecule has 7 heteroatoms. The molecule has 0 fully saturated rings. The molecule has 27 heavy (non-hydrogen) atoms. The molecule has 0 unspecified atom stereocenters. The lowest BCUT2D eigenvalue weighted by Gasteiger charge is -2.09. The molecule has 0 radical (unpaired) electrons. The summed E-state index contributed by atoms with van der Waals surface area (Å²) < 4.78 is 10.5. The van der Waals surface area contributed by atoms with Crippen molar-refractivity contribution in [2.45, 2.75) is 19.3 Å². The number of ether oxygens (including phenoxy) is 2. The lowest BCUT2D eigenvalue weighted by molar-refractivity contribution is -0.116. The molecule has 0 saturated heterocycles. The van der Waals surface area contributed by atoms with Gasteiger partial charge in [0.1, 0.15) is 5.01 Å². The lowest BCUT2D eigenvalue weighted by Crippen LogP contribution is -2.12. The van der Waals surface area contributed by atoms with Crippen molar-refractivity contribution in [3.63, 3.8) is 0 Å². The molecule has 0 bridgehead atoms. The summed E-state index contributed by atoms with van der Waals surface area (Å²) in [6.07, 6.45) is 1.66. The van der Waals surface area contributed by atoms with Crippen LogP contribution in [0.4, 0.5) is 5.13 Å². The standard InChI is InChI=1S/C20H21N3O3S/c1-25-16-10-8-15(12-17(16)26-2)9-11-18(24)21-20-23-22-19(27-20)13-14-6-4-3-5-7-14/h3-8,10,12H,9,11,13H2,1-2H3,(H,21,23,24). The Morgan fingerprint density at radius 2 is 1.78 bits per heavy atom. The van der Waals surface area contributed by atoms with Gasteiger partial charge < -0.3 is 14.8 Å². The van der Waals surface area contributed by atoms with Gasteiger partial charge in [0.2, 0.25) is 11.0 Å². The Labute approximate surface area is 162 Å². The van der Waals surface area contributed by atoms with Gasteiger partial charge in [-0.1, -0.05) is 47.7 Å². The Kier molecular flexibility index (Phi) is 6.38. The fourth-order valence-electron chi connectivity index (χ4n) is 2.62. The molecule has 0 aliphatic carbocycles. The number of amides is 1. The van der Waals surface area contributed by atoms with E-state index in [-0.39, 0.29) is 5.91 Å². The Morgan fingerprint density at radius 1 is 1.00 bits per heavy atom. The minimum absolute atomic E-state index is 0.0906. The van der Waals surface area contributed by atoms with Gasteiger partial charge in [0.15, 0.2) is 11.5 Å². The van der Waals surface area contributed by atoms with E-state index >= 15 is 0 Å². The number of aromatic nitrogens is 2. The van der Waals surface area contributed by atoms with Crippen LogP contribution in [0, 0.1) is 0 Å². The highest BCUT2D eigenvalue weighted by molar-refractivity contribution is 7.15. The minimum Gasteiger partial charge on any atom is -0.493 e. The normalized spacial score (nSPS) is 10.4. The van der Waals surface area contributed by atoms with Crippen molar-refractivity contribution in [1.29, 1.82) is 0 Å². The maximum Gasteiger partial charge on any atom is 0.226 e. The zero-order chi connectivity index (χ0) is 19.1. The number of aryl methyl sites for hydroxylation is 1. The van der Waals surface area contributed by atoms with Gasteiger partial charge >= 0.3 is 0 Å².